The van der Waals surface area contributed by atoms with Crippen LogP contribution in [-0.4, -0.2) is 30.2 Å². The van der Waals surface area contributed by atoms with Gasteiger partial charge in [-0.2, -0.15) is 0 Å². The molecule has 1 rings (SSSR count). The summed E-state index contributed by atoms with van der Waals surface area (Å²) in [5.74, 6) is -0.892. The number of rotatable bonds is 6. The third-order valence-corrected chi connectivity index (χ3v) is 2.30. The van der Waals surface area contributed by atoms with Gasteiger partial charge in [-0.1, -0.05) is 12.2 Å². The Morgan fingerprint density at radius 1 is 1.41 bits per heavy atom. The van der Waals surface area contributed by atoms with Crippen molar-refractivity contribution in [1.82, 2.24) is 5.32 Å². The van der Waals surface area contributed by atoms with E-state index in [9.17, 15) is 14.4 Å². The molecule has 17 heavy (non-hydrogen) atoms. The van der Waals surface area contributed by atoms with Gasteiger partial charge in [-0.25, -0.2) is 0 Å². The van der Waals surface area contributed by atoms with Crippen molar-refractivity contribution in [2.24, 2.45) is 0 Å². The lowest BCUT2D eigenvalue weighted by Crippen LogP contribution is -2.45. The van der Waals surface area contributed by atoms with E-state index in [0.29, 0.717) is 6.29 Å². The lowest BCUT2D eigenvalue weighted by molar-refractivity contribution is -0.146. The van der Waals surface area contributed by atoms with E-state index in [-0.39, 0.29) is 25.2 Å². The molecule has 1 N–H and O–H groups in total. The Balaban J connectivity index is 2.54. The highest BCUT2D eigenvalue weighted by Crippen LogP contribution is 2.14. The van der Waals surface area contributed by atoms with Crippen LogP contribution in [0.1, 0.15) is 19.8 Å². The molecule has 1 aliphatic rings. The van der Waals surface area contributed by atoms with Gasteiger partial charge in [-0.05, 0) is 19.2 Å². The summed E-state index contributed by atoms with van der Waals surface area (Å²) in [4.78, 5) is 33.7. The molecule has 0 aliphatic carbocycles. The van der Waals surface area contributed by atoms with Crippen LogP contribution in [0, 0.1) is 0 Å². The molecule has 1 aliphatic heterocycles. The van der Waals surface area contributed by atoms with Crippen LogP contribution in [0.15, 0.2) is 24.4 Å². The summed E-state index contributed by atoms with van der Waals surface area (Å²) in [5.41, 5.74) is -1.03. The summed E-state index contributed by atoms with van der Waals surface area (Å²) in [7, 11) is 0. The largest absolute Gasteiger partial charge is 0.466 e. The van der Waals surface area contributed by atoms with Crippen LogP contribution in [-0.2, 0) is 19.1 Å². The Bertz CT molecular complexity index is 373. The van der Waals surface area contributed by atoms with Crippen molar-refractivity contribution in [2.45, 2.75) is 25.3 Å². The molecule has 5 nitrogen and oxygen atoms in total. The number of nitrogens with one attached hydrogen (secondary N) is 1. The maximum atomic E-state index is 11.6. The molecule has 0 aromatic carbocycles. The molecule has 0 radical (unpaired) electrons. The average molecular weight is 237 g/mol. The molecule has 0 fully saturated rings. The third kappa shape index (κ3) is 3.86. The van der Waals surface area contributed by atoms with Crippen LogP contribution in [0.25, 0.3) is 0 Å². The van der Waals surface area contributed by atoms with Crippen molar-refractivity contribution < 1.29 is 19.1 Å². The number of ketones is 1. The Morgan fingerprint density at radius 2 is 2.18 bits per heavy atom. The van der Waals surface area contributed by atoms with E-state index in [1.165, 1.54) is 0 Å². The fourth-order valence-electron chi connectivity index (χ4n) is 1.52. The minimum absolute atomic E-state index is 0.0594. The van der Waals surface area contributed by atoms with E-state index in [2.05, 4.69) is 10.1 Å². The van der Waals surface area contributed by atoms with Crippen LogP contribution in [0.5, 0.6) is 0 Å². The molecule has 0 amide bonds. The first-order chi connectivity index (χ1) is 8.12. The molecule has 0 aromatic heterocycles. The minimum Gasteiger partial charge on any atom is -0.466 e. The van der Waals surface area contributed by atoms with Gasteiger partial charge in [0.15, 0.2) is 0 Å². The van der Waals surface area contributed by atoms with Gasteiger partial charge in [0.05, 0.1) is 6.61 Å². The van der Waals surface area contributed by atoms with Crippen LogP contribution in [0.3, 0.4) is 0 Å². The molecule has 0 saturated carbocycles. The number of carbonyl (C=O) groups is 3. The fourth-order valence-corrected chi connectivity index (χ4v) is 1.52. The number of esters is 1. The number of carbonyl (C=O) groups excluding carboxylic acids is 3. The Hall–Kier alpha value is -1.91. The zero-order valence-corrected chi connectivity index (χ0v) is 9.64. The Kier molecular flexibility index (Phi) is 4.63. The molecular formula is C12H15NO4. The van der Waals surface area contributed by atoms with Gasteiger partial charge in [-0.3, -0.25) is 9.59 Å². The lowest BCUT2D eigenvalue weighted by Gasteiger charge is -2.25. The maximum absolute atomic E-state index is 11.6. The summed E-state index contributed by atoms with van der Waals surface area (Å²) in [6.07, 6.45) is 6.89. The van der Waals surface area contributed by atoms with Gasteiger partial charge in [-0.15, -0.1) is 0 Å². The summed E-state index contributed by atoms with van der Waals surface area (Å²) >= 11 is 0. The van der Waals surface area contributed by atoms with Gasteiger partial charge in [0.25, 0.3) is 0 Å². The first-order valence-corrected chi connectivity index (χ1v) is 5.37. The smallest absolute Gasteiger partial charge is 0.313 e. The van der Waals surface area contributed by atoms with Gasteiger partial charge >= 0.3 is 5.97 Å². The fraction of sp³-hybridized carbons (Fsp3) is 0.417. The highest BCUT2D eigenvalue weighted by molar-refractivity contribution is 5.98. The summed E-state index contributed by atoms with van der Waals surface area (Å²) in [5, 5.41) is 2.81. The van der Waals surface area contributed by atoms with E-state index in [0.717, 1.165) is 0 Å². The predicted octanol–water partition coefficient (Wildman–Crippen LogP) is 0.510. The topological polar surface area (TPSA) is 72.5 Å². The highest BCUT2D eigenvalue weighted by Gasteiger charge is 2.30. The van der Waals surface area contributed by atoms with Crippen molar-refractivity contribution in [3.05, 3.63) is 24.4 Å². The van der Waals surface area contributed by atoms with Crippen molar-refractivity contribution in [2.75, 3.05) is 6.61 Å². The van der Waals surface area contributed by atoms with Crippen molar-refractivity contribution in [3.8, 4) is 0 Å². The average Bonchev–Trinajstić information content (AvgIpc) is 2.30. The lowest BCUT2D eigenvalue weighted by atomic mass is 9.91. The van der Waals surface area contributed by atoms with Gasteiger partial charge in [0, 0.05) is 6.42 Å². The number of ether oxygens (including phenoxy) is 1. The zero-order valence-electron chi connectivity index (χ0n) is 9.64. The first kappa shape index (κ1) is 13.2. The molecule has 1 heterocycles. The molecule has 1 unspecified atom stereocenters. The monoisotopic (exact) mass is 237 g/mol. The molecule has 0 spiro atoms. The Labute approximate surface area is 99.5 Å². The molecule has 5 heteroatoms. The van der Waals surface area contributed by atoms with Gasteiger partial charge in [0.1, 0.15) is 24.0 Å². The number of hydrogen-bond acceptors (Lipinski definition) is 5. The van der Waals surface area contributed by atoms with E-state index < -0.39 is 11.5 Å². The highest BCUT2D eigenvalue weighted by atomic mass is 16.5. The summed E-state index contributed by atoms with van der Waals surface area (Å²) in [6, 6.07) is 0. The zero-order chi connectivity index (χ0) is 12.7. The van der Waals surface area contributed by atoms with Crippen LogP contribution in [0.2, 0.25) is 0 Å². The van der Waals surface area contributed by atoms with E-state index in [4.69, 9.17) is 0 Å². The standard InChI is InChI=1S/C12H15NO4/c1-2-17-11(16)7-10(15)8-12(9-14)5-3-4-6-13-12/h3-6,9,13H,2,7-8H2,1H3. The van der Waals surface area contributed by atoms with E-state index >= 15 is 0 Å². The number of hydrogen-bond donors (Lipinski definition) is 1. The second-order valence-electron chi connectivity index (χ2n) is 3.72. The number of aldehydes is 1. The third-order valence-electron chi connectivity index (χ3n) is 2.30. The van der Waals surface area contributed by atoms with Crippen LogP contribution in [0.4, 0.5) is 0 Å². The summed E-state index contributed by atoms with van der Waals surface area (Å²) < 4.78 is 4.67. The molecule has 0 saturated heterocycles. The molecule has 0 aromatic rings. The van der Waals surface area contributed by atoms with Crippen molar-refractivity contribution >= 4 is 18.0 Å². The van der Waals surface area contributed by atoms with Crippen LogP contribution < -0.4 is 5.32 Å². The molecule has 1 atom stereocenters. The van der Waals surface area contributed by atoms with E-state index in [1.54, 1.807) is 31.4 Å². The van der Waals surface area contributed by atoms with Crippen molar-refractivity contribution in [3.63, 3.8) is 0 Å². The quantitative estimate of drug-likeness (QED) is 0.414. The van der Waals surface area contributed by atoms with Gasteiger partial charge in [0.2, 0.25) is 0 Å². The molecular weight excluding hydrogens is 222 g/mol. The molecule has 0 bridgehead atoms. The number of allylic oxidation sites excluding steroid dienone is 2. The van der Waals surface area contributed by atoms with Crippen molar-refractivity contribution in [1.29, 1.82) is 0 Å². The second-order valence-corrected chi connectivity index (χ2v) is 3.72. The first-order valence-electron chi connectivity index (χ1n) is 5.37. The number of dihydropyridines is 1. The number of Topliss-reactive ketones (excluding diaryl/α,β-unsaturated/α-hetero) is 1. The predicted molar refractivity (Wildman–Crippen MR) is 61.1 cm³/mol. The van der Waals surface area contributed by atoms with E-state index in [1.807, 2.05) is 0 Å². The molecule has 92 valence electrons. The SMILES string of the molecule is CCOC(=O)CC(=O)CC1(C=O)C=CC=CN1. The second kappa shape index (κ2) is 5.98. The van der Waals surface area contributed by atoms with Gasteiger partial charge < -0.3 is 14.8 Å². The van der Waals surface area contributed by atoms with Crippen LogP contribution >= 0.6 is 0 Å². The summed E-state index contributed by atoms with van der Waals surface area (Å²) in [6.45, 7) is 1.91. The minimum atomic E-state index is -1.03. The maximum Gasteiger partial charge on any atom is 0.313 e. The Morgan fingerprint density at radius 3 is 2.71 bits per heavy atom. The normalized spacial score (nSPS) is 21.7.